The van der Waals surface area contributed by atoms with E-state index in [1.807, 2.05) is 0 Å². The summed E-state index contributed by atoms with van der Waals surface area (Å²) in [5, 5.41) is 3.41. The number of hydrogen-bond acceptors (Lipinski definition) is 3. The Hall–Kier alpha value is -1.56. The quantitative estimate of drug-likeness (QED) is 0.444. The van der Waals surface area contributed by atoms with Crippen LogP contribution in [0.2, 0.25) is 0 Å². The maximum Gasteiger partial charge on any atom is 0.411 e. The van der Waals surface area contributed by atoms with Gasteiger partial charge in [0.25, 0.3) is 5.92 Å². The number of likely N-dealkylation sites (tertiary alicyclic amines) is 1. The third kappa shape index (κ3) is 2.65. The molecule has 1 amide bonds. The van der Waals surface area contributed by atoms with Crippen molar-refractivity contribution in [3.63, 3.8) is 0 Å². The SMILES string of the molecule is CC(C)(C)OC(=O)N1C2C(CC[C@@H]1CN=[N+]=[N-])C2(F)F. The maximum absolute atomic E-state index is 13.7. The van der Waals surface area contributed by atoms with Crippen molar-refractivity contribution in [2.75, 3.05) is 6.54 Å². The number of ether oxygens (including phenoxy) is 1. The number of alkyl halides is 2. The highest BCUT2D eigenvalue weighted by Crippen LogP contribution is 2.58. The van der Waals surface area contributed by atoms with Crippen LogP contribution in [-0.2, 0) is 4.74 Å². The first-order valence-electron chi connectivity index (χ1n) is 6.58. The summed E-state index contributed by atoms with van der Waals surface area (Å²) in [4.78, 5) is 15.9. The molecule has 1 aliphatic heterocycles. The Balaban J connectivity index is 2.18. The molecule has 0 radical (unpaired) electrons. The molecule has 2 fully saturated rings. The van der Waals surface area contributed by atoms with Crippen LogP contribution in [0.5, 0.6) is 0 Å². The minimum Gasteiger partial charge on any atom is -0.444 e. The Bertz CT molecular complexity index is 457. The predicted molar refractivity (Wildman–Crippen MR) is 67.3 cm³/mol. The lowest BCUT2D eigenvalue weighted by atomic mass is 10.0. The third-order valence-electron chi connectivity index (χ3n) is 3.62. The Kier molecular flexibility index (Phi) is 3.54. The molecule has 0 N–H and O–H groups in total. The fraction of sp³-hybridized carbons (Fsp3) is 0.917. The number of halogens is 2. The molecular formula is C12H18F2N4O2. The van der Waals surface area contributed by atoms with Gasteiger partial charge in [0.05, 0.1) is 5.92 Å². The first-order chi connectivity index (χ1) is 9.18. The van der Waals surface area contributed by atoms with Gasteiger partial charge in [0, 0.05) is 17.5 Å². The van der Waals surface area contributed by atoms with Gasteiger partial charge in [0.15, 0.2) is 0 Å². The molecule has 1 saturated carbocycles. The van der Waals surface area contributed by atoms with Gasteiger partial charge < -0.3 is 4.74 Å². The number of nitrogens with zero attached hydrogens (tertiary/aromatic N) is 4. The van der Waals surface area contributed by atoms with Crippen molar-refractivity contribution in [3.8, 4) is 0 Å². The second-order valence-corrected chi connectivity index (χ2v) is 6.26. The first-order valence-corrected chi connectivity index (χ1v) is 6.58. The van der Waals surface area contributed by atoms with Crippen LogP contribution in [-0.4, -0.2) is 41.1 Å². The van der Waals surface area contributed by atoms with E-state index in [0.717, 1.165) is 4.90 Å². The average molecular weight is 288 g/mol. The number of hydrogen-bond donors (Lipinski definition) is 0. The van der Waals surface area contributed by atoms with Crippen molar-refractivity contribution in [1.82, 2.24) is 4.90 Å². The van der Waals surface area contributed by atoms with Crippen molar-refractivity contribution in [1.29, 1.82) is 0 Å². The topological polar surface area (TPSA) is 78.3 Å². The molecule has 112 valence electrons. The second kappa shape index (κ2) is 4.77. The third-order valence-corrected chi connectivity index (χ3v) is 3.62. The van der Waals surface area contributed by atoms with Crippen molar-refractivity contribution in [3.05, 3.63) is 10.4 Å². The van der Waals surface area contributed by atoms with Gasteiger partial charge in [-0.25, -0.2) is 13.6 Å². The Morgan fingerprint density at radius 1 is 1.50 bits per heavy atom. The number of rotatable bonds is 2. The summed E-state index contributed by atoms with van der Waals surface area (Å²) in [6.45, 7) is 5.04. The summed E-state index contributed by atoms with van der Waals surface area (Å²) >= 11 is 0. The molecule has 0 aromatic heterocycles. The number of fused-ring (bicyclic) bond motifs is 1. The molecule has 0 bridgehead atoms. The monoisotopic (exact) mass is 288 g/mol. The average Bonchev–Trinajstić information content (AvgIpc) is 2.86. The summed E-state index contributed by atoms with van der Waals surface area (Å²) in [7, 11) is 0. The summed E-state index contributed by atoms with van der Waals surface area (Å²) in [6.07, 6.45) is -0.0278. The zero-order chi connectivity index (χ0) is 15.1. The first kappa shape index (κ1) is 14.8. The van der Waals surface area contributed by atoms with E-state index in [2.05, 4.69) is 10.0 Å². The molecule has 1 saturated heterocycles. The van der Waals surface area contributed by atoms with Crippen LogP contribution < -0.4 is 0 Å². The van der Waals surface area contributed by atoms with Gasteiger partial charge in [-0.1, -0.05) is 5.11 Å². The van der Waals surface area contributed by atoms with Crippen molar-refractivity contribution in [2.24, 2.45) is 11.0 Å². The van der Waals surface area contributed by atoms with E-state index in [1.165, 1.54) is 0 Å². The molecule has 1 heterocycles. The summed E-state index contributed by atoms with van der Waals surface area (Å²) < 4.78 is 32.6. The zero-order valence-electron chi connectivity index (χ0n) is 11.7. The van der Waals surface area contributed by atoms with E-state index in [0.29, 0.717) is 12.8 Å². The highest BCUT2D eigenvalue weighted by molar-refractivity contribution is 5.70. The van der Waals surface area contributed by atoms with Crippen molar-refractivity contribution < 1.29 is 18.3 Å². The lowest BCUT2D eigenvalue weighted by Gasteiger charge is -2.35. The molecule has 0 aromatic carbocycles. The van der Waals surface area contributed by atoms with Gasteiger partial charge in [0.1, 0.15) is 11.6 Å². The van der Waals surface area contributed by atoms with Crippen LogP contribution in [0.1, 0.15) is 33.6 Å². The molecule has 8 heteroatoms. The summed E-state index contributed by atoms with van der Waals surface area (Å²) in [5.41, 5.74) is 7.61. The van der Waals surface area contributed by atoms with E-state index in [9.17, 15) is 13.6 Å². The smallest absolute Gasteiger partial charge is 0.411 e. The number of amides is 1. The van der Waals surface area contributed by atoms with E-state index in [-0.39, 0.29) is 6.54 Å². The van der Waals surface area contributed by atoms with Crippen LogP contribution >= 0.6 is 0 Å². The minimum atomic E-state index is -2.86. The highest BCUT2D eigenvalue weighted by atomic mass is 19.3. The molecule has 2 aliphatic rings. The van der Waals surface area contributed by atoms with Crippen LogP contribution in [0, 0.1) is 5.92 Å². The van der Waals surface area contributed by atoms with Crippen molar-refractivity contribution in [2.45, 2.75) is 57.2 Å². The number of carbonyl (C=O) groups is 1. The fourth-order valence-electron chi connectivity index (χ4n) is 2.73. The van der Waals surface area contributed by atoms with Gasteiger partial charge in [0.2, 0.25) is 0 Å². The molecule has 1 aliphatic carbocycles. The van der Waals surface area contributed by atoms with Gasteiger partial charge >= 0.3 is 6.09 Å². The molecule has 0 spiro atoms. The van der Waals surface area contributed by atoms with Gasteiger partial charge in [-0.3, -0.25) is 4.90 Å². The summed E-state index contributed by atoms with van der Waals surface area (Å²) in [6, 6.07) is -1.64. The molecular weight excluding hydrogens is 270 g/mol. The standard InChI is InChI=1S/C12H18F2N4O2/c1-11(2,3)20-10(19)18-7(6-16-17-15)4-5-8-9(18)12(8,13)14/h7-9H,4-6H2,1-3H3/t7-,8?,9?/m1/s1. The molecule has 20 heavy (non-hydrogen) atoms. The van der Waals surface area contributed by atoms with Crippen LogP contribution in [0.25, 0.3) is 10.4 Å². The number of piperidine rings is 1. The predicted octanol–water partition coefficient (Wildman–Crippen LogP) is 3.33. The van der Waals surface area contributed by atoms with Crippen LogP contribution in [0.4, 0.5) is 13.6 Å². The Morgan fingerprint density at radius 3 is 2.70 bits per heavy atom. The Morgan fingerprint density at radius 2 is 2.15 bits per heavy atom. The van der Waals surface area contributed by atoms with Crippen molar-refractivity contribution >= 4 is 6.09 Å². The molecule has 2 unspecified atom stereocenters. The van der Waals surface area contributed by atoms with E-state index >= 15 is 0 Å². The lowest BCUT2D eigenvalue weighted by Crippen LogP contribution is -2.49. The summed E-state index contributed by atoms with van der Waals surface area (Å²) in [5.74, 6) is -3.65. The molecule has 3 atom stereocenters. The Labute approximate surface area is 115 Å². The zero-order valence-corrected chi connectivity index (χ0v) is 11.7. The maximum atomic E-state index is 13.7. The van der Waals surface area contributed by atoms with E-state index in [1.54, 1.807) is 20.8 Å². The fourth-order valence-corrected chi connectivity index (χ4v) is 2.73. The largest absolute Gasteiger partial charge is 0.444 e. The molecule has 2 rings (SSSR count). The van der Waals surface area contributed by atoms with E-state index in [4.69, 9.17) is 10.3 Å². The van der Waals surface area contributed by atoms with Crippen LogP contribution in [0.15, 0.2) is 5.11 Å². The van der Waals surface area contributed by atoms with Gasteiger partial charge in [-0.2, -0.15) is 0 Å². The van der Waals surface area contributed by atoms with Crippen LogP contribution in [0.3, 0.4) is 0 Å². The number of carbonyl (C=O) groups excluding carboxylic acids is 1. The van der Waals surface area contributed by atoms with Gasteiger partial charge in [-0.15, -0.1) is 0 Å². The van der Waals surface area contributed by atoms with E-state index < -0.39 is 35.6 Å². The van der Waals surface area contributed by atoms with Gasteiger partial charge in [-0.05, 0) is 39.1 Å². The normalized spacial score (nSPS) is 31.1. The highest BCUT2D eigenvalue weighted by Gasteiger charge is 2.74. The second-order valence-electron chi connectivity index (χ2n) is 6.26. The molecule has 0 aromatic rings. The minimum absolute atomic E-state index is 0.00492. The number of azide groups is 1. The molecule has 6 nitrogen and oxygen atoms in total. The lowest BCUT2D eigenvalue weighted by molar-refractivity contribution is -0.00185.